The lowest BCUT2D eigenvalue weighted by Gasteiger charge is -2.34. The Kier molecular flexibility index (Phi) is 8.33. The van der Waals surface area contributed by atoms with E-state index in [2.05, 4.69) is 9.80 Å². The molecule has 0 bridgehead atoms. The summed E-state index contributed by atoms with van der Waals surface area (Å²) >= 11 is 0. The molecule has 3 nitrogen and oxygen atoms in total. The SMILES string of the molecule is CS(=O)CCN1CCN(CCCC(c2ccc(F)cc2)c2ccc(F)cc2)CC1. The molecule has 2 aromatic carbocycles. The van der Waals surface area contributed by atoms with E-state index < -0.39 is 10.8 Å². The van der Waals surface area contributed by atoms with Crippen LogP contribution in [0.1, 0.15) is 29.9 Å². The zero-order valence-corrected chi connectivity index (χ0v) is 17.8. The Bertz CT molecular complexity index is 729. The highest BCUT2D eigenvalue weighted by molar-refractivity contribution is 7.84. The molecule has 1 fully saturated rings. The van der Waals surface area contributed by atoms with Crippen molar-refractivity contribution in [1.82, 2.24) is 9.80 Å². The molecule has 0 saturated carbocycles. The van der Waals surface area contributed by atoms with Crippen LogP contribution >= 0.6 is 0 Å². The van der Waals surface area contributed by atoms with Gasteiger partial charge in [-0.05, 0) is 54.8 Å². The number of halogens is 2. The molecule has 0 aromatic heterocycles. The Morgan fingerprint density at radius 2 is 1.28 bits per heavy atom. The van der Waals surface area contributed by atoms with Crippen LogP contribution in [0.3, 0.4) is 0 Å². The van der Waals surface area contributed by atoms with Crippen molar-refractivity contribution in [2.75, 3.05) is 51.3 Å². The predicted octanol–water partition coefficient (Wildman–Crippen LogP) is 3.87. The molecule has 0 spiro atoms. The van der Waals surface area contributed by atoms with E-state index in [-0.39, 0.29) is 17.6 Å². The summed E-state index contributed by atoms with van der Waals surface area (Å²) in [6.45, 7) is 6.05. The first-order valence-electron chi connectivity index (χ1n) is 10.3. The summed E-state index contributed by atoms with van der Waals surface area (Å²) in [5.74, 6) is 0.404. The van der Waals surface area contributed by atoms with Crippen molar-refractivity contribution in [3.63, 3.8) is 0 Å². The molecule has 1 saturated heterocycles. The standard InChI is InChI=1S/C23H30F2N2OS/c1-29(28)18-17-27-15-13-26(14-16-27)12-2-3-23(19-4-8-21(24)9-5-19)20-6-10-22(25)11-7-20/h4-11,23H,2-3,12-18H2,1H3. The number of hydrogen-bond donors (Lipinski definition) is 0. The van der Waals surface area contributed by atoms with Gasteiger partial charge in [-0.15, -0.1) is 0 Å². The number of rotatable bonds is 9. The number of piperazine rings is 1. The van der Waals surface area contributed by atoms with E-state index in [0.29, 0.717) is 0 Å². The van der Waals surface area contributed by atoms with Gasteiger partial charge in [-0.3, -0.25) is 9.11 Å². The van der Waals surface area contributed by atoms with Crippen LogP contribution in [0, 0.1) is 11.6 Å². The summed E-state index contributed by atoms with van der Waals surface area (Å²) in [4.78, 5) is 4.86. The first-order valence-corrected chi connectivity index (χ1v) is 12.0. The Hall–Kier alpha value is -1.63. The largest absolute Gasteiger partial charge is 0.301 e. The molecule has 6 heteroatoms. The molecular formula is C23H30F2N2OS. The van der Waals surface area contributed by atoms with Gasteiger partial charge in [0.2, 0.25) is 0 Å². The van der Waals surface area contributed by atoms with Crippen molar-refractivity contribution in [1.29, 1.82) is 0 Å². The van der Waals surface area contributed by atoms with E-state index >= 15 is 0 Å². The highest BCUT2D eigenvalue weighted by Gasteiger charge is 2.19. The average Bonchev–Trinajstić information content (AvgIpc) is 2.72. The van der Waals surface area contributed by atoms with Gasteiger partial charge in [-0.25, -0.2) is 8.78 Å². The third-order valence-corrected chi connectivity index (χ3v) is 6.43. The summed E-state index contributed by atoms with van der Waals surface area (Å²) in [7, 11) is -0.728. The van der Waals surface area contributed by atoms with Gasteiger partial charge in [0, 0.05) is 61.4 Å². The summed E-state index contributed by atoms with van der Waals surface area (Å²) in [5, 5.41) is 0. The molecule has 1 atom stereocenters. The second kappa shape index (κ2) is 11.0. The van der Waals surface area contributed by atoms with E-state index in [1.54, 1.807) is 6.26 Å². The van der Waals surface area contributed by atoms with Crippen LogP contribution in [-0.4, -0.2) is 65.3 Å². The molecule has 2 aromatic rings. The van der Waals surface area contributed by atoms with Gasteiger partial charge in [-0.1, -0.05) is 24.3 Å². The van der Waals surface area contributed by atoms with Crippen molar-refractivity contribution < 1.29 is 13.0 Å². The lowest BCUT2D eigenvalue weighted by Crippen LogP contribution is -2.47. The highest BCUT2D eigenvalue weighted by Crippen LogP contribution is 2.29. The minimum atomic E-state index is -0.728. The first-order chi connectivity index (χ1) is 14.0. The van der Waals surface area contributed by atoms with Gasteiger partial charge in [0.05, 0.1) is 0 Å². The van der Waals surface area contributed by atoms with Crippen molar-refractivity contribution in [3.05, 3.63) is 71.3 Å². The summed E-state index contributed by atoms with van der Waals surface area (Å²) in [6.07, 6.45) is 3.72. The van der Waals surface area contributed by atoms with E-state index in [4.69, 9.17) is 0 Å². The minimum absolute atomic E-state index is 0.136. The zero-order chi connectivity index (χ0) is 20.6. The molecule has 0 amide bonds. The molecule has 0 N–H and O–H groups in total. The van der Waals surface area contributed by atoms with Crippen LogP contribution in [0.15, 0.2) is 48.5 Å². The molecule has 29 heavy (non-hydrogen) atoms. The van der Waals surface area contributed by atoms with Crippen LogP contribution in [0.2, 0.25) is 0 Å². The number of benzene rings is 2. The fourth-order valence-corrected chi connectivity index (χ4v) is 4.44. The first kappa shape index (κ1) is 22.1. The molecule has 1 aliphatic heterocycles. The molecule has 1 unspecified atom stereocenters. The van der Waals surface area contributed by atoms with Gasteiger partial charge in [-0.2, -0.15) is 0 Å². The summed E-state index contributed by atoms with van der Waals surface area (Å²) in [5.41, 5.74) is 2.13. The quantitative estimate of drug-likeness (QED) is 0.615. The Balaban J connectivity index is 1.53. The topological polar surface area (TPSA) is 23.6 Å². The maximum Gasteiger partial charge on any atom is 0.123 e. The Morgan fingerprint density at radius 1 is 0.828 bits per heavy atom. The van der Waals surface area contributed by atoms with Gasteiger partial charge in [0.15, 0.2) is 0 Å². The fraction of sp³-hybridized carbons (Fsp3) is 0.478. The molecule has 0 radical (unpaired) electrons. The molecular weight excluding hydrogens is 390 g/mol. The lowest BCUT2D eigenvalue weighted by molar-refractivity contribution is 0.136. The normalized spacial score (nSPS) is 17.0. The summed E-state index contributed by atoms with van der Waals surface area (Å²) in [6, 6.07) is 13.3. The van der Waals surface area contributed by atoms with E-state index in [1.165, 1.54) is 24.3 Å². The van der Waals surface area contributed by atoms with Crippen molar-refractivity contribution >= 4 is 10.8 Å². The van der Waals surface area contributed by atoms with Gasteiger partial charge in [0.1, 0.15) is 11.6 Å². The maximum atomic E-state index is 13.4. The van der Waals surface area contributed by atoms with Crippen LogP contribution < -0.4 is 0 Å². The van der Waals surface area contributed by atoms with Crippen LogP contribution in [0.4, 0.5) is 8.78 Å². The monoisotopic (exact) mass is 420 g/mol. The van der Waals surface area contributed by atoms with Gasteiger partial charge >= 0.3 is 0 Å². The lowest BCUT2D eigenvalue weighted by atomic mass is 9.87. The zero-order valence-electron chi connectivity index (χ0n) is 17.0. The second-order valence-electron chi connectivity index (χ2n) is 7.76. The fourth-order valence-electron chi connectivity index (χ4n) is 3.93. The number of nitrogens with zero attached hydrogens (tertiary/aromatic N) is 2. The molecule has 158 valence electrons. The molecule has 0 aliphatic carbocycles. The van der Waals surface area contributed by atoms with Gasteiger partial charge in [0.25, 0.3) is 0 Å². The van der Waals surface area contributed by atoms with E-state index in [0.717, 1.165) is 69.0 Å². The Labute approximate surface area is 175 Å². The molecule has 3 rings (SSSR count). The van der Waals surface area contributed by atoms with Crippen LogP contribution in [-0.2, 0) is 10.8 Å². The smallest absolute Gasteiger partial charge is 0.123 e. The second-order valence-corrected chi connectivity index (χ2v) is 9.31. The van der Waals surface area contributed by atoms with Crippen molar-refractivity contribution in [2.45, 2.75) is 18.8 Å². The van der Waals surface area contributed by atoms with E-state index in [1.807, 2.05) is 24.3 Å². The minimum Gasteiger partial charge on any atom is -0.301 e. The summed E-state index contributed by atoms with van der Waals surface area (Å²) < 4.78 is 38.0. The van der Waals surface area contributed by atoms with Crippen molar-refractivity contribution in [2.24, 2.45) is 0 Å². The third kappa shape index (κ3) is 6.98. The third-order valence-electron chi connectivity index (χ3n) is 5.67. The highest BCUT2D eigenvalue weighted by atomic mass is 32.2. The molecule has 1 aliphatic rings. The maximum absolute atomic E-state index is 13.4. The number of hydrogen-bond acceptors (Lipinski definition) is 3. The van der Waals surface area contributed by atoms with Crippen molar-refractivity contribution in [3.8, 4) is 0 Å². The van der Waals surface area contributed by atoms with Crippen LogP contribution in [0.5, 0.6) is 0 Å². The predicted molar refractivity (Wildman–Crippen MR) is 116 cm³/mol. The van der Waals surface area contributed by atoms with E-state index in [9.17, 15) is 13.0 Å². The molecule has 1 heterocycles. The van der Waals surface area contributed by atoms with Crippen LogP contribution in [0.25, 0.3) is 0 Å². The Morgan fingerprint density at radius 3 is 1.72 bits per heavy atom. The van der Waals surface area contributed by atoms with Gasteiger partial charge < -0.3 is 4.90 Å². The average molecular weight is 421 g/mol.